The molecule has 1 atom stereocenters. The summed E-state index contributed by atoms with van der Waals surface area (Å²) in [6.07, 6.45) is 1.31. The molecule has 0 heterocycles. The van der Waals surface area contributed by atoms with Crippen LogP contribution in [0.5, 0.6) is 0 Å². The molecule has 3 nitrogen and oxygen atoms in total. The van der Waals surface area contributed by atoms with Crippen LogP contribution in [-0.2, 0) is 9.53 Å². The summed E-state index contributed by atoms with van der Waals surface area (Å²) >= 11 is 0.491. The van der Waals surface area contributed by atoms with Gasteiger partial charge in [-0.3, -0.25) is 0 Å². The van der Waals surface area contributed by atoms with Gasteiger partial charge in [-0.25, -0.2) is 0 Å². The number of hydrogen-bond donors (Lipinski definition) is 1. The number of carbonyl (C=O) groups is 1. The molecule has 0 saturated carbocycles. The Morgan fingerprint density at radius 2 is 2.06 bits per heavy atom. The number of carbonyl (C=O) groups excluding carboxylic acids is 1. The number of aliphatic hydroxyl groups excluding tert-OH is 1. The summed E-state index contributed by atoms with van der Waals surface area (Å²) in [5.41, 5.74) is 0.590. The minimum atomic E-state index is -1.17. The Labute approximate surface area is 108 Å². The van der Waals surface area contributed by atoms with Gasteiger partial charge < -0.3 is 0 Å². The molecule has 0 aliphatic heterocycles. The molecule has 17 heavy (non-hydrogen) atoms. The first-order chi connectivity index (χ1) is 8.19. The van der Waals surface area contributed by atoms with Crippen molar-refractivity contribution in [1.29, 1.82) is 0 Å². The zero-order chi connectivity index (χ0) is 12.7. The summed E-state index contributed by atoms with van der Waals surface area (Å²) in [6, 6.07) is 7.56. The van der Waals surface area contributed by atoms with E-state index >= 15 is 0 Å². The van der Waals surface area contributed by atoms with E-state index in [2.05, 4.69) is 11.7 Å². The van der Waals surface area contributed by atoms with Gasteiger partial charge in [0.05, 0.1) is 0 Å². The Balaban J connectivity index is 2.58. The van der Waals surface area contributed by atoms with Crippen LogP contribution in [0.1, 0.15) is 31.4 Å². The van der Waals surface area contributed by atoms with Crippen molar-refractivity contribution in [3.63, 3.8) is 0 Å². The van der Waals surface area contributed by atoms with Gasteiger partial charge in [-0.05, 0) is 0 Å². The van der Waals surface area contributed by atoms with Gasteiger partial charge in [-0.15, -0.1) is 0 Å². The van der Waals surface area contributed by atoms with Crippen molar-refractivity contribution in [3.8, 4) is 0 Å². The van der Waals surface area contributed by atoms with Crippen molar-refractivity contribution < 1.29 is 14.6 Å². The van der Waals surface area contributed by atoms with Gasteiger partial charge in [0.15, 0.2) is 0 Å². The molecule has 1 aromatic carbocycles. The molecule has 0 aliphatic rings. The standard InChI is InChI=1S/C13H18O3Se/c1-3-4-9-17-11-7-5-10(6-8-11)12(14)13(15)16-2/h5-8,12,14H,3-4,9H2,1-2H3. The third-order valence-electron chi connectivity index (χ3n) is 2.39. The van der Waals surface area contributed by atoms with Crippen molar-refractivity contribution in [1.82, 2.24) is 0 Å². The van der Waals surface area contributed by atoms with E-state index in [0.717, 1.165) is 0 Å². The average molecular weight is 301 g/mol. The summed E-state index contributed by atoms with van der Waals surface area (Å²) in [7, 11) is 1.27. The summed E-state index contributed by atoms with van der Waals surface area (Å²) in [5.74, 6) is -0.616. The van der Waals surface area contributed by atoms with Gasteiger partial charge >= 0.3 is 108 Å². The van der Waals surface area contributed by atoms with E-state index in [1.807, 2.05) is 12.1 Å². The molecule has 0 fully saturated rings. The van der Waals surface area contributed by atoms with Crippen LogP contribution in [0.4, 0.5) is 0 Å². The van der Waals surface area contributed by atoms with Crippen molar-refractivity contribution >= 4 is 25.4 Å². The molecular formula is C13H18O3Se. The van der Waals surface area contributed by atoms with Gasteiger partial charge in [0, 0.05) is 0 Å². The fourth-order valence-electron chi connectivity index (χ4n) is 1.33. The molecule has 0 aromatic heterocycles. The molecule has 1 aromatic rings. The predicted octanol–water partition coefficient (Wildman–Crippen LogP) is 1.44. The fourth-order valence-corrected chi connectivity index (χ4v) is 3.42. The number of aliphatic hydroxyl groups is 1. The Morgan fingerprint density at radius 3 is 2.59 bits per heavy atom. The monoisotopic (exact) mass is 302 g/mol. The van der Waals surface area contributed by atoms with Gasteiger partial charge in [0.2, 0.25) is 0 Å². The van der Waals surface area contributed by atoms with Crippen LogP contribution in [0.2, 0.25) is 5.32 Å². The van der Waals surface area contributed by atoms with Gasteiger partial charge in [-0.2, -0.15) is 0 Å². The summed E-state index contributed by atoms with van der Waals surface area (Å²) < 4.78 is 5.79. The number of esters is 1. The maximum atomic E-state index is 11.1. The molecule has 0 bridgehead atoms. The zero-order valence-corrected chi connectivity index (χ0v) is 11.9. The molecule has 4 heteroatoms. The van der Waals surface area contributed by atoms with E-state index in [9.17, 15) is 9.90 Å². The first kappa shape index (κ1) is 14.2. The minimum absolute atomic E-state index is 0.491. The Kier molecular flexibility index (Phi) is 6.27. The summed E-state index contributed by atoms with van der Waals surface area (Å²) in [6.45, 7) is 2.19. The van der Waals surface area contributed by atoms with E-state index < -0.39 is 12.1 Å². The second-order valence-corrected chi connectivity index (χ2v) is 6.15. The van der Waals surface area contributed by atoms with E-state index in [-0.39, 0.29) is 0 Å². The molecule has 1 N–H and O–H groups in total. The molecule has 0 saturated heterocycles. The number of ether oxygens (including phenoxy) is 1. The third kappa shape index (κ3) is 4.50. The second-order valence-electron chi connectivity index (χ2n) is 3.70. The Hall–Kier alpha value is -0.831. The normalized spacial score (nSPS) is 12.2. The molecule has 0 amide bonds. The fraction of sp³-hybridized carbons (Fsp3) is 0.462. The molecule has 94 valence electrons. The number of benzene rings is 1. The first-order valence-electron chi connectivity index (χ1n) is 5.67. The van der Waals surface area contributed by atoms with Crippen molar-refractivity contribution in [3.05, 3.63) is 29.8 Å². The van der Waals surface area contributed by atoms with Gasteiger partial charge in [0.1, 0.15) is 0 Å². The van der Waals surface area contributed by atoms with Crippen LogP contribution in [0.15, 0.2) is 24.3 Å². The quantitative estimate of drug-likeness (QED) is 0.491. The Morgan fingerprint density at radius 1 is 1.41 bits per heavy atom. The van der Waals surface area contributed by atoms with Crippen molar-refractivity contribution in [2.24, 2.45) is 0 Å². The number of methoxy groups -OCH3 is 1. The first-order valence-corrected chi connectivity index (χ1v) is 7.74. The maximum absolute atomic E-state index is 11.1. The van der Waals surface area contributed by atoms with Crippen LogP contribution in [0.25, 0.3) is 0 Å². The second kappa shape index (κ2) is 7.49. The molecule has 0 aliphatic carbocycles. The van der Waals surface area contributed by atoms with Crippen LogP contribution in [-0.4, -0.2) is 33.1 Å². The SMILES string of the molecule is CCCC[Se]c1ccc(C(O)C(=O)OC)cc1. The summed E-state index contributed by atoms with van der Waals surface area (Å²) in [5, 5.41) is 10.9. The molecule has 0 spiro atoms. The molecular weight excluding hydrogens is 283 g/mol. The van der Waals surface area contributed by atoms with Crippen LogP contribution < -0.4 is 4.46 Å². The number of hydrogen-bond acceptors (Lipinski definition) is 3. The molecule has 0 radical (unpaired) electrons. The van der Waals surface area contributed by atoms with E-state index in [0.29, 0.717) is 20.5 Å². The number of unbranched alkanes of at least 4 members (excludes halogenated alkanes) is 1. The van der Waals surface area contributed by atoms with Gasteiger partial charge in [0.25, 0.3) is 0 Å². The summed E-state index contributed by atoms with van der Waals surface area (Å²) in [4.78, 5) is 11.1. The predicted molar refractivity (Wildman–Crippen MR) is 68.5 cm³/mol. The topological polar surface area (TPSA) is 46.5 Å². The van der Waals surface area contributed by atoms with Crippen LogP contribution in [0, 0.1) is 0 Å². The zero-order valence-electron chi connectivity index (χ0n) is 10.2. The average Bonchev–Trinajstić information content (AvgIpc) is 2.38. The van der Waals surface area contributed by atoms with E-state index in [1.165, 1.54) is 29.7 Å². The Bertz CT molecular complexity index is 348. The molecule has 1 unspecified atom stereocenters. The van der Waals surface area contributed by atoms with Gasteiger partial charge in [-0.1, -0.05) is 0 Å². The van der Waals surface area contributed by atoms with Crippen molar-refractivity contribution in [2.45, 2.75) is 31.2 Å². The van der Waals surface area contributed by atoms with E-state index in [1.54, 1.807) is 12.1 Å². The third-order valence-corrected chi connectivity index (χ3v) is 4.69. The van der Waals surface area contributed by atoms with E-state index in [4.69, 9.17) is 0 Å². The number of rotatable bonds is 6. The van der Waals surface area contributed by atoms with Crippen LogP contribution in [0.3, 0.4) is 0 Å². The van der Waals surface area contributed by atoms with Crippen LogP contribution >= 0.6 is 0 Å². The van der Waals surface area contributed by atoms with Crippen molar-refractivity contribution in [2.75, 3.05) is 7.11 Å². The molecule has 1 rings (SSSR count).